The van der Waals surface area contributed by atoms with Crippen molar-refractivity contribution < 1.29 is 4.79 Å². The van der Waals surface area contributed by atoms with Crippen LogP contribution in [0.1, 0.15) is 54.5 Å². The first-order valence-corrected chi connectivity index (χ1v) is 11.2. The number of rotatable bonds is 6. The third-order valence-electron chi connectivity index (χ3n) is 6.03. The van der Waals surface area contributed by atoms with Gasteiger partial charge in [-0.25, -0.2) is 0 Å². The molecule has 3 rings (SSSR count). The van der Waals surface area contributed by atoms with Crippen LogP contribution in [0, 0.1) is 19.8 Å². The zero-order chi connectivity index (χ0) is 21.0. The lowest BCUT2D eigenvalue weighted by Gasteiger charge is -2.32. The minimum Gasteiger partial charge on any atom is -0.349 e. The summed E-state index contributed by atoms with van der Waals surface area (Å²) < 4.78 is 0. The van der Waals surface area contributed by atoms with Crippen LogP contribution < -0.4 is 5.32 Å². The first kappa shape index (κ1) is 22.1. The van der Waals surface area contributed by atoms with E-state index in [1.165, 1.54) is 16.7 Å². The Morgan fingerprint density at radius 2 is 1.83 bits per heavy atom. The molecule has 29 heavy (non-hydrogen) atoms. The number of nitrogens with one attached hydrogen (secondary N) is 1. The van der Waals surface area contributed by atoms with Gasteiger partial charge < -0.3 is 5.32 Å². The predicted molar refractivity (Wildman–Crippen MR) is 122 cm³/mol. The van der Waals surface area contributed by atoms with Gasteiger partial charge in [0.15, 0.2) is 0 Å². The lowest BCUT2D eigenvalue weighted by atomic mass is 9.94. The molecule has 0 aromatic heterocycles. The Morgan fingerprint density at radius 1 is 1.10 bits per heavy atom. The fourth-order valence-corrected chi connectivity index (χ4v) is 4.40. The molecule has 0 unspecified atom stereocenters. The number of piperidine rings is 1. The van der Waals surface area contributed by atoms with E-state index in [0.29, 0.717) is 10.0 Å². The topological polar surface area (TPSA) is 32.3 Å². The SMILES string of the molecule is CC[C@H](NC(=O)C1CCN(Cc2ccc(Cl)cc2Cl)CC1)c1ccc(C)c(C)c1. The Hall–Kier alpha value is -1.55. The van der Waals surface area contributed by atoms with Gasteiger partial charge >= 0.3 is 0 Å². The Kier molecular flexibility index (Phi) is 7.61. The average Bonchev–Trinajstić information content (AvgIpc) is 2.71. The molecule has 2 aromatic rings. The molecule has 0 saturated carbocycles. The average molecular weight is 433 g/mol. The van der Waals surface area contributed by atoms with E-state index in [1.54, 1.807) is 6.07 Å². The second-order valence-electron chi connectivity index (χ2n) is 8.10. The van der Waals surface area contributed by atoms with E-state index in [-0.39, 0.29) is 17.9 Å². The fraction of sp³-hybridized carbons (Fsp3) is 0.458. The van der Waals surface area contributed by atoms with Gasteiger partial charge in [-0.05, 0) is 80.6 Å². The molecule has 0 aliphatic carbocycles. The molecule has 1 fully saturated rings. The summed E-state index contributed by atoms with van der Waals surface area (Å²) in [6, 6.07) is 12.2. The molecule has 1 aliphatic rings. The van der Waals surface area contributed by atoms with Crippen molar-refractivity contribution in [3.63, 3.8) is 0 Å². The van der Waals surface area contributed by atoms with E-state index in [4.69, 9.17) is 23.2 Å². The van der Waals surface area contributed by atoms with Crippen molar-refractivity contribution >= 4 is 29.1 Å². The molecule has 2 aromatic carbocycles. The monoisotopic (exact) mass is 432 g/mol. The van der Waals surface area contributed by atoms with Crippen LogP contribution in [-0.2, 0) is 11.3 Å². The van der Waals surface area contributed by atoms with Crippen LogP contribution in [0.25, 0.3) is 0 Å². The first-order chi connectivity index (χ1) is 13.9. The summed E-state index contributed by atoms with van der Waals surface area (Å²) in [5, 5.41) is 4.65. The second kappa shape index (κ2) is 9.97. The molecule has 1 atom stereocenters. The largest absolute Gasteiger partial charge is 0.349 e. The summed E-state index contributed by atoms with van der Waals surface area (Å²) in [5.41, 5.74) is 4.82. The molecule has 1 amide bonds. The molecule has 3 nitrogen and oxygen atoms in total. The highest BCUT2D eigenvalue weighted by molar-refractivity contribution is 6.35. The minimum atomic E-state index is 0.0764. The summed E-state index contributed by atoms with van der Waals surface area (Å²) in [6.45, 7) is 8.96. The normalized spacial score (nSPS) is 16.6. The molecule has 1 aliphatic heterocycles. The quantitative estimate of drug-likeness (QED) is 0.598. The van der Waals surface area contributed by atoms with E-state index < -0.39 is 0 Å². The second-order valence-corrected chi connectivity index (χ2v) is 8.94. The molecule has 1 saturated heterocycles. The number of hydrogen-bond acceptors (Lipinski definition) is 2. The van der Waals surface area contributed by atoms with E-state index in [9.17, 15) is 4.79 Å². The number of likely N-dealkylation sites (tertiary alicyclic amines) is 1. The molecule has 0 bridgehead atoms. The highest BCUT2D eigenvalue weighted by atomic mass is 35.5. The van der Waals surface area contributed by atoms with Gasteiger partial charge in [0.25, 0.3) is 0 Å². The van der Waals surface area contributed by atoms with Crippen LogP contribution in [0.3, 0.4) is 0 Å². The molecule has 0 spiro atoms. The van der Waals surface area contributed by atoms with Crippen LogP contribution in [0.5, 0.6) is 0 Å². The Bertz CT molecular complexity index is 860. The summed E-state index contributed by atoms with van der Waals surface area (Å²) in [5.74, 6) is 0.256. The van der Waals surface area contributed by atoms with Crippen LogP contribution in [0.4, 0.5) is 0 Å². The Morgan fingerprint density at radius 3 is 2.45 bits per heavy atom. The zero-order valence-electron chi connectivity index (χ0n) is 17.5. The van der Waals surface area contributed by atoms with Crippen LogP contribution >= 0.6 is 23.2 Å². The molecule has 1 N–H and O–H groups in total. The fourth-order valence-electron chi connectivity index (χ4n) is 3.94. The number of nitrogens with zero attached hydrogens (tertiary/aromatic N) is 1. The molecular formula is C24H30Cl2N2O. The molecule has 5 heteroatoms. The third kappa shape index (κ3) is 5.75. The number of hydrogen-bond donors (Lipinski definition) is 1. The molecule has 1 heterocycles. The van der Waals surface area contributed by atoms with Gasteiger partial charge in [0.2, 0.25) is 5.91 Å². The van der Waals surface area contributed by atoms with Gasteiger partial charge in [0.1, 0.15) is 0 Å². The van der Waals surface area contributed by atoms with Gasteiger partial charge in [-0.3, -0.25) is 9.69 Å². The van der Waals surface area contributed by atoms with Gasteiger partial charge in [0.05, 0.1) is 6.04 Å². The minimum absolute atomic E-state index is 0.0764. The highest BCUT2D eigenvalue weighted by Gasteiger charge is 2.27. The van der Waals surface area contributed by atoms with Crippen molar-refractivity contribution in [3.8, 4) is 0 Å². The van der Waals surface area contributed by atoms with Crippen molar-refractivity contribution in [2.45, 2.75) is 52.6 Å². The van der Waals surface area contributed by atoms with Gasteiger partial charge in [-0.1, -0.05) is 54.4 Å². The van der Waals surface area contributed by atoms with Crippen molar-refractivity contribution in [1.82, 2.24) is 10.2 Å². The maximum Gasteiger partial charge on any atom is 0.223 e. The summed E-state index contributed by atoms with van der Waals surface area (Å²) in [6.07, 6.45) is 2.64. The number of carbonyl (C=O) groups excluding carboxylic acids is 1. The smallest absolute Gasteiger partial charge is 0.223 e. The van der Waals surface area contributed by atoms with E-state index in [1.807, 2.05) is 12.1 Å². The van der Waals surface area contributed by atoms with E-state index in [2.05, 4.69) is 49.2 Å². The Labute approximate surface area is 184 Å². The summed E-state index contributed by atoms with van der Waals surface area (Å²) >= 11 is 12.3. The molecule has 0 radical (unpaired) electrons. The lowest BCUT2D eigenvalue weighted by molar-refractivity contribution is -0.127. The Balaban J connectivity index is 1.54. The van der Waals surface area contributed by atoms with Crippen molar-refractivity contribution in [2.24, 2.45) is 5.92 Å². The zero-order valence-corrected chi connectivity index (χ0v) is 19.0. The number of amides is 1. The summed E-state index contributed by atoms with van der Waals surface area (Å²) in [4.78, 5) is 15.2. The van der Waals surface area contributed by atoms with E-state index in [0.717, 1.165) is 44.5 Å². The highest BCUT2D eigenvalue weighted by Crippen LogP contribution is 2.26. The van der Waals surface area contributed by atoms with Gasteiger partial charge in [0, 0.05) is 22.5 Å². The maximum atomic E-state index is 12.9. The number of carbonyl (C=O) groups is 1. The summed E-state index contributed by atoms with van der Waals surface area (Å²) in [7, 11) is 0. The third-order valence-corrected chi connectivity index (χ3v) is 6.61. The maximum absolute atomic E-state index is 12.9. The lowest BCUT2D eigenvalue weighted by Crippen LogP contribution is -2.41. The van der Waals surface area contributed by atoms with Gasteiger partial charge in [-0.2, -0.15) is 0 Å². The van der Waals surface area contributed by atoms with Gasteiger partial charge in [-0.15, -0.1) is 0 Å². The predicted octanol–water partition coefficient (Wildman–Crippen LogP) is 6.09. The van der Waals surface area contributed by atoms with Crippen LogP contribution in [-0.4, -0.2) is 23.9 Å². The number of benzene rings is 2. The van der Waals surface area contributed by atoms with E-state index >= 15 is 0 Å². The van der Waals surface area contributed by atoms with Crippen molar-refractivity contribution in [1.29, 1.82) is 0 Å². The van der Waals surface area contributed by atoms with Crippen LogP contribution in [0.15, 0.2) is 36.4 Å². The number of aryl methyl sites for hydroxylation is 2. The van der Waals surface area contributed by atoms with Crippen LogP contribution in [0.2, 0.25) is 10.0 Å². The van der Waals surface area contributed by atoms with Crippen molar-refractivity contribution in [3.05, 3.63) is 68.7 Å². The van der Waals surface area contributed by atoms with Crippen molar-refractivity contribution in [2.75, 3.05) is 13.1 Å². The molecule has 156 valence electrons. The number of halogens is 2. The first-order valence-electron chi connectivity index (χ1n) is 10.4. The molecular weight excluding hydrogens is 403 g/mol. The standard InChI is InChI=1S/C24H30Cl2N2O/c1-4-23(19-6-5-16(2)17(3)13-19)27-24(29)18-9-11-28(12-10-18)15-20-7-8-21(25)14-22(20)26/h5-8,13-14,18,23H,4,9-12,15H2,1-3H3,(H,27,29)/t23-/m0/s1.